The Morgan fingerprint density at radius 3 is 2.89 bits per heavy atom. The highest BCUT2D eigenvalue weighted by molar-refractivity contribution is 5.98. The number of nitrogens with zero attached hydrogens (tertiary/aromatic N) is 1. The zero-order valence-corrected chi connectivity index (χ0v) is 11.1. The summed E-state index contributed by atoms with van der Waals surface area (Å²) in [6.07, 6.45) is 1.60. The lowest BCUT2D eigenvalue weighted by molar-refractivity contribution is 0.171. The zero-order chi connectivity index (χ0) is 14.0. The molecule has 102 valence electrons. The van der Waals surface area contributed by atoms with E-state index in [1.807, 2.05) is 13.8 Å². The predicted molar refractivity (Wildman–Crippen MR) is 75.5 cm³/mol. The van der Waals surface area contributed by atoms with E-state index >= 15 is 0 Å². The van der Waals surface area contributed by atoms with Gasteiger partial charge >= 0.3 is 0 Å². The van der Waals surface area contributed by atoms with E-state index in [9.17, 15) is 9.50 Å². The SMILES string of the molecule is CC(C)(CO)CNc1c(F)cc(N)c2cccnc12. The van der Waals surface area contributed by atoms with Gasteiger partial charge in [-0.25, -0.2) is 4.39 Å². The Labute approximate surface area is 111 Å². The Kier molecular flexibility index (Phi) is 3.57. The molecule has 0 radical (unpaired) electrons. The van der Waals surface area contributed by atoms with Crippen molar-refractivity contribution in [1.29, 1.82) is 0 Å². The first-order valence-electron chi connectivity index (χ1n) is 6.12. The van der Waals surface area contributed by atoms with E-state index in [0.29, 0.717) is 28.8 Å². The van der Waals surface area contributed by atoms with E-state index in [2.05, 4.69) is 10.3 Å². The molecule has 0 amide bonds. The molecule has 0 bridgehead atoms. The fraction of sp³-hybridized carbons (Fsp3) is 0.357. The van der Waals surface area contributed by atoms with Crippen LogP contribution in [0.1, 0.15) is 13.8 Å². The van der Waals surface area contributed by atoms with Gasteiger partial charge in [0.25, 0.3) is 0 Å². The average Bonchev–Trinajstić information content (AvgIpc) is 2.38. The van der Waals surface area contributed by atoms with Crippen molar-refractivity contribution in [2.24, 2.45) is 5.41 Å². The van der Waals surface area contributed by atoms with Crippen LogP contribution in [-0.2, 0) is 0 Å². The summed E-state index contributed by atoms with van der Waals surface area (Å²) in [5.41, 5.74) is 6.65. The highest BCUT2D eigenvalue weighted by atomic mass is 19.1. The summed E-state index contributed by atoms with van der Waals surface area (Å²) in [7, 11) is 0. The summed E-state index contributed by atoms with van der Waals surface area (Å²) in [5.74, 6) is -0.433. The number of nitrogens with one attached hydrogen (secondary N) is 1. The number of nitrogen functional groups attached to an aromatic ring is 1. The van der Waals surface area contributed by atoms with E-state index in [1.165, 1.54) is 6.07 Å². The minimum atomic E-state index is -0.433. The number of aliphatic hydroxyl groups is 1. The summed E-state index contributed by atoms with van der Waals surface area (Å²) in [6, 6.07) is 4.86. The third-order valence-corrected chi connectivity index (χ3v) is 3.05. The molecule has 2 rings (SSSR count). The molecule has 5 heteroatoms. The van der Waals surface area contributed by atoms with Gasteiger partial charge in [0.05, 0.1) is 11.2 Å². The number of fused-ring (bicyclic) bond motifs is 1. The number of anilines is 2. The first-order chi connectivity index (χ1) is 8.94. The number of hydrogen-bond donors (Lipinski definition) is 3. The normalized spacial score (nSPS) is 11.8. The van der Waals surface area contributed by atoms with E-state index in [4.69, 9.17) is 5.73 Å². The molecule has 0 aliphatic heterocycles. The van der Waals surface area contributed by atoms with Crippen LogP contribution in [0.2, 0.25) is 0 Å². The molecule has 2 aromatic rings. The smallest absolute Gasteiger partial charge is 0.150 e. The molecule has 0 saturated carbocycles. The first-order valence-corrected chi connectivity index (χ1v) is 6.12. The molecule has 0 unspecified atom stereocenters. The van der Waals surface area contributed by atoms with Gasteiger partial charge in [-0.15, -0.1) is 0 Å². The monoisotopic (exact) mass is 263 g/mol. The number of pyridine rings is 1. The van der Waals surface area contributed by atoms with Gasteiger partial charge in [0, 0.05) is 35.8 Å². The second-order valence-corrected chi connectivity index (χ2v) is 5.40. The summed E-state index contributed by atoms with van der Waals surface area (Å²) < 4.78 is 14.0. The van der Waals surface area contributed by atoms with Crippen LogP contribution >= 0.6 is 0 Å². The quantitative estimate of drug-likeness (QED) is 0.741. The second-order valence-electron chi connectivity index (χ2n) is 5.40. The number of hydrogen-bond acceptors (Lipinski definition) is 4. The third-order valence-electron chi connectivity index (χ3n) is 3.05. The maximum absolute atomic E-state index is 14.0. The van der Waals surface area contributed by atoms with Crippen LogP contribution in [-0.4, -0.2) is 23.2 Å². The molecule has 0 aliphatic rings. The van der Waals surface area contributed by atoms with Crippen molar-refractivity contribution in [3.05, 3.63) is 30.2 Å². The first kappa shape index (κ1) is 13.5. The van der Waals surface area contributed by atoms with Crippen molar-refractivity contribution in [2.45, 2.75) is 13.8 Å². The van der Waals surface area contributed by atoms with Gasteiger partial charge in [-0.2, -0.15) is 0 Å². The minimum absolute atomic E-state index is 0.0158. The summed E-state index contributed by atoms with van der Waals surface area (Å²) in [4.78, 5) is 4.18. The number of aliphatic hydroxyl groups excluding tert-OH is 1. The van der Waals surface area contributed by atoms with Gasteiger partial charge in [-0.05, 0) is 18.2 Å². The molecule has 0 spiro atoms. The lowest BCUT2D eigenvalue weighted by Gasteiger charge is -2.23. The Bertz CT molecular complexity index is 599. The van der Waals surface area contributed by atoms with Crippen LogP contribution in [0.5, 0.6) is 0 Å². The van der Waals surface area contributed by atoms with Crippen molar-refractivity contribution in [2.75, 3.05) is 24.2 Å². The number of aromatic nitrogens is 1. The molecule has 0 fully saturated rings. The molecule has 4 N–H and O–H groups in total. The van der Waals surface area contributed by atoms with E-state index in [0.717, 1.165) is 0 Å². The van der Waals surface area contributed by atoms with E-state index in [-0.39, 0.29) is 12.0 Å². The average molecular weight is 263 g/mol. The summed E-state index contributed by atoms with van der Waals surface area (Å²) in [6.45, 7) is 4.24. The van der Waals surface area contributed by atoms with Gasteiger partial charge in [0.2, 0.25) is 0 Å². The van der Waals surface area contributed by atoms with Crippen molar-refractivity contribution in [3.63, 3.8) is 0 Å². The Balaban J connectivity index is 2.43. The molecule has 1 heterocycles. The van der Waals surface area contributed by atoms with Crippen molar-refractivity contribution >= 4 is 22.3 Å². The van der Waals surface area contributed by atoms with E-state index < -0.39 is 5.82 Å². The van der Waals surface area contributed by atoms with Gasteiger partial charge in [0.15, 0.2) is 5.82 Å². The van der Waals surface area contributed by atoms with Gasteiger partial charge < -0.3 is 16.2 Å². The predicted octanol–water partition coefficient (Wildman–Crippen LogP) is 2.39. The van der Waals surface area contributed by atoms with Crippen LogP contribution in [0.15, 0.2) is 24.4 Å². The number of nitrogens with two attached hydrogens (primary N) is 1. The van der Waals surface area contributed by atoms with Crippen LogP contribution in [0.25, 0.3) is 10.9 Å². The standard InChI is InChI=1S/C14H18FN3O/c1-14(2,8-19)7-18-13-10(15)6-11(16)9-4-3-5-17-12(9)13/h3-6,18-19H,7-8,16H2,1-2H3. The number of halogens is 1. The molecule has 1 aromatic heterocycles. The summed E-state index contributed by atoms with van der Waals surface area (Å²) >= 11 is 0. The fourth-order valence-electron chi connectivity index (χ4n) is 1.79. The molecular formula is C14H18FN3O. The van der Waals surface area contributed by atoms with Crippen molar-refractivity contribution in [1.82, 2.24) is 4.98 Å². The van der Waals surface area contributed by atoms with E-state index in [1.54, 1.807) is 18.3 Å². The Morgan fingerprint density at radius 2 is 2.21 bits per heavy atom. The third kappa shape index (κ3) is 2.76. The highest BCUT2D eigenvalue weighted by Crippen LogP contribution is 2.30. The van der Waals surface area contributed by atoms with Gasteiger partial charge in [-0.3, -0.25) is 4.98 Å². The molecule has 0 atom stereocenters. The lowest BCUT2D eigenvalue weighted by atomic mass is 9.95. The van der Waals surface area contributed by atoms with Gasteiger partial charge in [0.1, 0.15) is 0 Å². The second kappa shape index (κ2) is 5.01. The molecule has 4 nitrogen and oxygen atoms in total. The minimum Gasteiger partial charge on any atom is -0.398 e. The maximum Gasteiger partial charge on any atom is 0.150 e. The largest absolute Gasteiger partial charge is 0.398 e. The van der Waals surface area contributed by atoms with Crippen LogP contribution in [0.4, 0.5) is 15.8 Å². The highest BCUT2D eigenvalue weighted by Gasteiger charge is 2.18. The van der Waals surface area contributed by atoms with Crippen LogP contribution < -0.4 is 11.1 Å². The van der Waals surface area contributed by atoms with Crippen molar-refractivity contribution in [3.8, 4) is 0 Å². The molecule has 0 saturated heterocycles. The molecule has 1 aromatic carbocycles. The Morgan fingerprint density at radius 1 is 1.47 bits per heavy atom. The number of benzene rings is 1. The van der Waals surface area contributed by atoms with Crippen LogP contribution in [0, 0.1) is 11.2 Å². The molecular weight excluding hydrogens is 245 g/mol. The summed E-state index contributed by atoms with van der Waals surface area (Å²) in [5, 5.41) is 13.0. The maximum atomic E-state index is 14.0. The Hall–Kier alpha value is -1.88. The zero-order valence-electron chi connectivity index (χ0n) is 11.1. The fourth-order valence-corrected chi connectivity index (χ4v) is 1.79. The number of rotatable bonds is 4. The molecule has 19 heavy (non-hydrogen) atoms. The van der Waals surface area contributed by atoms with Crippen molar-refractivity contribution < 1.29 is 9.50 Å². The molecule has 0 aliphatic carbocycles. The van der Waals surface area contributed by atoms with Gasteiger partial charge in [-0.1, -0.05) is 13.8 Å². The van der Waals surface area contributed by atoms with Crippen LogP contribution in [0.3, 0.4) is 0 Å². The lowest BCUT2D eigenvalue weighted by Crippen LogP contribution is -2.27. The topological polar surface area (TPSA) is 71.2 Å².